The van der Waals surface area contributed by atoms with Gasteiger partial charge in [-0.3, -0.25) is 4.79 Å². The third kappa shape index (κ3) is 5.15. The fourth-order valence-electron chi connectivity index (χ4n) is 3.86. The second-order valence-corrected chi connectivity index (χ2v) is 7.92. The van der Waals surface area contributed by atoms with Gasteiger partial charge < -0.3 is 15.4 Å². The van der Waals surface area contributed by atoms with Gasteiger partial charge in [0.2, 0.25) is 0 Å². The van der Waals surface area contributed by atoms with Crippen LogP contribution in [0.5, 0.6) is 0 Å². The van der Waals surface area contributed by atoms with Crippen LogP contribution in [0.3, 0.4) is 0 Å². The zero-order chi connectivity index (χ0) is 22.8. The van der Waals surface area contributed by atoms with Crippen LogP contribution < -0.4 is 10.6 Å². The average Bonchev–Trinajstić information content (AvgIpc) is 2.69. The number of aromatic nitrogens is 1. The van der Waals surface area contributed by atoms with E-state index in [4.69, 9.17) is 10.5 Å². The molecule has 2 N–H and O–H groups in total. The molecule has 0 spiro atoms. The average molecular weight is 439 g/mol. The van der Waals surface area contributed by atoms with Crippen molar-refractivity contribution in [2.75, 3.05) is 18.1 Å². The second kappa shape index (κ2) is 9.21. The highest BCUT2D eigenvalue weighted by atomic mass is 19.4. The molecule has 1 fully saturated rings. The summed E-state index contributed by atoms with van der Waals surface area (Å²) in [5.41, 5.74) is 4.82. The number of anilines is 2. The Balaban J connectivity index is 2.06. The Morgan fingerprint density at radius 3 is 2.55 bits per heavy atom. The number of alkyl halides is 3. The quantitative estimate of drug-likeness (QED) is 0.653. The molecule has 9 heteroatoms. The number of hydrogen-bond acceptors (Lipinski definition) is 4. The van der Waals surface area contributed by atoms with E-state index in [9.17, 15) is 22.4 Å². The fraction of sp³-hybridized carbons (Fsp3) is 0.455. The minimum Gasteiger partial charge on any atom is -0.381 e. The number of benzene rings is 1. The van der Waals surface area contributed by atoms with Gasteiger partial charge in [0.15, 0.2) is 5.82 Å². The van der Waals surface area contributed by atoms with Gasteiger partial charge in [-0.25, -0.2) is 9.37 Å². The highest BCUT2D eigenvalue weighted by Crippen LogP contribution is 2.38. The predicted molar refractivity (Wildman–Crippen MR) is 109 cm³/mol. The van der Waals surface area contributed by atoms with Crippen LogP contribution in [0, 0.1) is 11.7 Å². The molecule has 5 nitrogen and oxygen atoms in total. The molecule has 0 saturated carbocycles. The normalized spacial score (nSPS) is 15.3. The van der Waals surface area contributed by atoms with Crippen molar-refractivity contribution >= 4 is 17.4 Å². The summed E-state index contributed by atoms with van der Waals surface area (Å²) in [6.07, 6.45) is -1.31. The van der Waals surface area contributed by atoms with Crippen molar-refractivity contribution in [1.29, 1.82) is 0 Å². The number of halogens is 4. The summed E-state index contributed by atoms with van der Waals surface area (Å²) < 4.78 is 59.9. The predicted octanol–water partition coefficient (Wildman–Crippen LogP) is 4.85. The summed E-state index contributed by atoms with van der Waals surface area (Å²) in [4.78, 5) is 17.5. The van der Waals surface area contributed by atoms with E-state index in [-0.39, 0.29) is 23.0 Å². The molecule has 2 heterocycles. The molecular weight excluding hydrogens is 414 g/mol. The van der Waals surface area contributed by atoms with Gasteiger partial charge in [-0.2, -0.15) is 13.2 Å². The lowest BCUT2D eigenvalue weighted by Gasteiger charge is -2.30. The number of rotatable bonds is 6. The second-order valence-electron chi connectivity index (χ2n) is 7.92. The van der Waals surface area contributed by atoms with Gasteiger partial charge in [0, 0.05) is 25.5 Å². The van der Waals surface area contributed by atoms with Crippen molar-refractivity contribution < 1.29 is 27.1 Å². The molecule has 0 aliphatic carbocycles. The highest BCUT2D eigenvalue weighted by molar-refractivity contribution is 5.94. The summed E-state index contributed by atoms with van der Waals surface area (Å²) >= 11 is 0. The first-order valence-electron chi connectivity index (χ1n) is 10.1. The van der Waals surface area contributed by atoms with Crippen molar-refractivity contribution in [1.82, 2.24) is 4.98 Å². The van der Waals surface area contributed by atoms with Gasteiger partial charge in [0.1, 0.15) is 5.82 Å². The van der Waals surface area contributed by atoms with Crippen molar-refractivity contribution in [3.63, 3.8) is 0 Å². The van der Waals surface area contributed by atoms with Crippen molar-refractivity contribution in [2.24, 2.45) is 11.7 Å². The number of carbonyl (C=O) groups excluding carboxylic acids is 1. The third-order valence-corrected chi connectivity index (χ3v) is 5.40. The van der Waals surface area contributed by atoms with Gasteiger partial charge in [-0.1, -0.05) is 6.07 Å². The summed E-state index contributed by atoms with van der Waals surface area (Å²) in [6, 6.07) is 4.37. The van der Waals surface area contributed by atoms with Crippen LogP contribution in [0.15, 0.2) is 30.5 Å². The molecule has 0 bridgehead atoms. The van der Waals surface area contributed by atoms with Gasteiger partial charge in [-0.15, -0.1) is 0 Å². The largest absolute Gasteiger partial charge is 0.419 e. The molecule has 0 unspecified atom stereocenters. The van der Waals surface area contributed by atoms with Crippen molar-refractivity contribution in [3.05, 3.63) is 53.0 Å². The molecule has 0 atom stereocenters. The number of hydrogen-bond donors (Lipinski definition) is 1. The van der Waals surface area contributed by atoms with Crippen LogP contribution in [0.2, 0.25) is 0 Å². The standard InChI is InChI=1S/C22H25F4N3O2/c1-13(2)29(18-5-3-4-17(20(18)23)22(24,25)26)19-11-15(16(12-28-19)21(27)30)10-14-6-8-31-9-7-14/h3-5,11-14H,6-10H2,1-2H3,(H2,27,30). The van der Waals surface area contributed by atoms with E-state index in [1.54, 1.807) is 19.9 Å². The zero-order valence-electron chi connectivity index (χ0n) is 17.4. The number of carbonyl (C=O) groups is 1. The lowest BCUT2D eigenvalue weighted by Crippen LogP contribution is -2.29. The summed E-state index contributed by atoms with van der Waals surface area (Å²) in [5, 5.41) is 0. The fourth-order valence-corrected chi connectivity index (χ4v) is 3.86. The van der Waals surface area contributed by atoms with Gasteiger partial charge in [0.25, 0.3) is 5.91 Å². The number of primary amides is 1. The van der Waals surface area contributed by atoms with Crippen LogP contribution in [-0.2, 0) is 17.3 Å². The molecule has 1 amide bonds. The van der Waals surface area contributed by atoms with Gasteiger partial charge in [0.05, 0.1) is 16.8 Å². The van der Waals surface area contributed by atoms with Crippen LogP contribution in [-0.4, -0.2) is 30.1 Å². The first-order valence-corrected chi connectivity index (χ1v) is 10.1. The maximum Gasteiger partial charge on any atom is 0.419 e. The van der Waals surface area contributed by atoms with E-state index < -0.39 is 29.5 Å². The monoisotopic (exact) mass is 439 g/mol. The third-order valence-electron chi connectivity index (χ3n) is 5.40. The smallest absolute Gasteiger partial charge is 0.381 e. The molecule has 1 aromatic heterocycles. The molecule has 31 heavy (non-hydrogen) atoms. The molecule has 1 aliphatic rings. The highest BCUT2D eigenvalue weighted by Gasteiger charge is 2.36. The Morgan fingerprint density at radius 1 is 1.29 bits per heavy atom. The minimum atomic E-state index is -4.82. The Kier molecular flexibility index (Phi) is 6.83. The summed E-state index contributed by atoms with van der Waals surface area (Å²) in [5.74, 6) is -1.47. The number of ether oxygens (including phenoxy) is 1. The maximum atomic E-state index is 14.9. The first-order chi connectivity index (χ1) is 14.6. The summed E-state index contributed by atoms with van der Waals surface area (Å²) in [7, 11) is 0. The van der Waals surface area contributed by atoms with E-state index in [1.807, 2.05) is 0 Å². The van der Waals surface area contributed by atoms with Gasteiger partial charge in [-0.05, 0) is 62.8 Å². The van der Waals surface area contributed by atoms with Crippen LogP contribution >= 0.6 is 0 Å². The molecule has 0 radical (unpaired) electrons. The molecule has 168 valence electrons. The Bertz CT molecular complexity index is 941. The lowest BCUT2D eigenvalue weighted by molar-refractivity contribution is -0.139. The summed E-state index contributed by atoms with van der Waals surface area (Å²) in [6.45, 7) is 4.70. The Labute approximate surface area is 178 Å². The lowest BCUT2D eigenvalue weighted by atomic mass is 9.90. The van der Waals surface area contributed by atoms with Crippen molar-refractivity contribution in [3.8, 4) is 0 Å². The number of nitrogens with zero attached hydrogens (tertiary/aromatic N) is 2. The molecule has 1 saturated heterocycles. The molecule has 1 aromatic carbocycles. The molecule has 2 aromatic rings. The van der Waals surface area contributed by atoms with E-state index in [0.29, 0.717) is 31.3 Å². The van der Waals surface area contributed by atoms with E-state index >= 15 is 0 Å². The topological polar surface area (TPSA) is 68.5 Å². The minimum absolute atomic E-state index is 0.235. The van der Waals surface area contributed by atoms with Crippen LogP contribution in [0.25, 0.3) is 0 Å². The van der Waals surface area contributed by atoms with E-state index in [1.165, 1.54) is 17.2 Å². The molecular formula is C22H25F4N3O2. The Hall–Kier alpha value is -2.68. The molecule has 1 aliphatic heterocycles. The van der Waals surface area contributed by atoms with Crippen molar-refractivity contribution in [2.45, 2.75) is 45.3 Å². The first kappa shape index (κ1) is 23.0. The van der Waals surface area contributed by atoms with E-state index in [0.717, 1.165) is 18.9 Å². The number of nitrogens with two attached hydrogens (primary N) is 1. The Morgan fingerprint density at radius 2 is 1.97 bits per heavy atom. The molecule has 3 rings (SSSR count). The van der Waals surface area contributed by atoms with Gasteiger partial charge >= 0.3 is 6.18 Å². The number of amides is 1. The number of pyridine rings is 1. The SMILES string of the molecule is CC(C)N(c1cc(CC2CCOCC2)c(C(N)=O)cn1)c1cccc(C(F)(F)F)c1F. The zero-order valence-corrected chi connectivity index (χ0v) is 17.4. The maximum absolute atomic E-state index is 14.9. The van der Waals surface area contributed by atoms with E-state index in [2.05, 4.69) is 4.98 Å². The van der Waals surface area contributed by atoms with Crippen LogP contribution in [0.1, 0.15) is 48.2 Å². The van der Waals surface area contributed by atoms with Crippen LogP contribution in [0.4, 0.5) is 29.1 Å².